The topological polar surface area (TPSA) is 100 Å². The summed E-state index contributed by atoms with van der Waals surface area (Å²) >= 11 is 0.948. The molecule has 0 fully saturated rings. The Kier molecular flexibility index (Phi) is 7.99. The van der Waals surface area contributed by atoms with Crippen molar-refractivity contribution < 1.29 is 33.3 Å². The fourth-order valence-electron chi connectivity index (χ4n) is 2.62. The molecule has 0 aliphatic carbocycles. The van der Waals surface area contributed by atoms with E-state index < -0.39 is 17.8 Å². The van der Waals surface area contributed by atoms with Crippen LogP contribution >= 0.6 is 11.3 Å². The molecular formula is C21H23NO7S. The third-order valence-electron chi connectivity index (χ3n) is 4.06. The van der Waals surface area contributed by atoms with Crippen LogP contribution in [0.25, 0.3) is 6.08 Å². The summed E-state index contributed by atoms with van der Waals surface area (Å²) in [4.78, 5) is 36.7. The molecule has 0 bridgehead atoms. The zero-order chi connectivity index (χ0) is 22.3. The van der Waals surface area contributed by atoms with Crippen molar-refractivity contribution in [3.63, 3.8) is 0 Å². The van der Waals surface area contributed by atoms with Crippen molar-refractivity contribution in [2.45, 2.75) is 13.8 Å². The molecule has 8 nitrogen and oxygen atoms in total. The first-order valence-corrected chi connectivity index (χ1v) is 9.77. The summed E-state index contributed by atoms with van der Waals surface area (Å²) in [7, 11) is 4.00. The number of hydrogen-bond acceptors (Lipinski definition) is 8. The third-order valence-corrected chi connectivity index (χ3v) is 5.25. The van der Waals surface area contributed by atoms with Crippen LogP contribution < -0.4 is 14.8 Å². The highest BCUT2D eigenvalue weighted by molar-refractivity contribution is 7.18. The smallest absolute Gasteiger partial charge is 0.348 e. The SMILES string of the molecule is CCOc1ccc(/C=C/C(=O)Nc2sc(C(=O)OC)c(C)c2C(=O)OC)cc1OC. The van der Waals surface area contributed by atoms with E-state index in [0.717, 1.165) is 16.9 Å². The van der Waals surface area contributed by atoms with Gasteiger partial charge in [0.1, 0.15) is 9.88 Å². The summed E-state index contributed by atoms with van der Waals surface area (Å²) in [5.74, 6) is -0.585. The molecule has 2 aromatic rings. The Hall–Kier alpha value is -3.33. The molecule has 9 heteroatoms. The molecular weight excluding hydrogens is 410 g/mol. The average molecular weight is 433 g/mol. The lowest BCUT2D eigenvalue weighted by molar-refractivity contribution is -0.111. The van der Waals surface area contributed by atoms with Gasteiger partial charge in [0.15, 0.2) is 11.5 Å². The van der Waals surface area contributed by atoms with Gasteiger partial charge in [-0.25, -0.2) is 9.59 Å². The van der Waals surface area contributed by atoms with Gasteiger partial charge in [-0.2, -0.15) is 0 Å². The van der Waals surface area contributed by atoms with E-state index in [0.29, 0.717) is 23.7 Å². The Balaban J connectivity index is 2.25. The second-order valence-electron chi connectivity index (χ2n) is 5.91. The molecule has 1 N–H and O–H groups in total. The van der Waals surface area contributed by atoms with Crippen LogP contribution in [0.3, 0.4) is 0 Å². The summed E-state index contributed by atoms with van der Waals surface area (Å²) in [5.41, 5.74) is 1.22. The Labute approximate surface area is 178 Å². The van der Waals surface area contributed by atoms with E-state index in [1.807, 2.05) is 6.92 Å². The number of ether oxygens (including phenoxy) is 4. The minimum atomic E-state index is -0.658. The first-order chi connectivity index (χ1) is 14.4. The van der Waals surface area contributed by atoms with E-state index in [4.69, 9.17) is 18.9 Å². The lowest BCUT2D eigenvalue weighted by Gasteiger charge is -2.09. The fourth-order valence-corrected chi connectivity index (χ4v) is 3.74. The minimum absolute atomic E-state index is 0.118. The number of thiophene rings is 1. The van der Waals surface area contributed by atoms with Gasteiger partial charge < -0.3 is 24.3 Å². The number of carbonyl (C=O) groups excluding carboxylic acids is 3. The number of methoxy groups -OCH3 is 3. The minimum Gasteiger partial charge on any atom is -0.493 e. The predicted molar refractivity (Wildman–Crippen MR) is 114 cm³/mol. The van der Waals surface area contributed by atoms with E-state index in [1.165, 1.54) is 27.4 Å². The molecule has 1 aromatic heterocycles. The van der Waals surface area contributed by atoms with Gasteiger partial charge >= 0.3 is 11.9 Å². The van der Waals surface area contributed by atoms with Gasteiger partial charge in [0.2, 0.25) is 5.91 Å². The highest BCUT2D eigenvalue weighted by Crippen LogP contribution is 2.34. The lowest BCUT2D eigenvalue weighted by atomic mass is 10.1. The predicted octanol–water partition coefficient (Wildman–Crippen LogP) is 3.69. The molecule has 0 aliphatic heterocycles. The molecule has 0 spiro atoms. The van der Waals surface area contributed by atoms with E-state index in [9.17, 15) is 14.4 Å². The van der Waals surface area contributed by atoms with Crippen molar-refractivity contribution in [3.8, 4) is 11.5 Å². The maximum Gasteiger partial charge on any atom is 0.348 e. The number of esters is 2. The van der Waals surface area contributed by atoms with Gasteiger partial charge in [0.05, 0.1) is 33.5 Å². The van der Waals surface area contributed by atoms with Crippen molar-refractivity contribution in [2.75, 3.05) is 33.3 Å². The van der Waals surface area contributed by atoms with Gasteiger partial charge in [-0.05, 0) is 43.2 Å². The van der Waals surface area contributed by atoms with Crippen molar-refractivity contribution in [2.24, 2.45) is 0 Å². The van der Waals surface area contributed by atoms with Crippen LogP contribution in [0, 0.1) is 6.92 Å². The van der Waals surface area contributed by atoms with Crippen molar-refractivity contribution in [1.82, 2.24) is 0 Å². The molecule has 1 amide bonds. The summed E-state index contributed by atoms with van der Waals surface area (Å²) in [6.45, 7) is 3.97. The van der Waals surface area contributed by atoms with Crippen LogP contribution in [0.2, 0.25) is 0 Å². The Bertz CT molecular complexity index is 978. The normalized spacial score (nSPS) is 10.6. The summed E-state index contributed by atoms with van der Waals surface area (Å²) in [6.07, 6.45) is 2.90. The van der Waals surface area contributed by atoms with Crippen LogP contribution in [-0.4, -0.2) is 45.8 Å². The number of benzene rings is 1. The zero-order valence-corrected chi connectivity index (χ0v) is 18.2. The summed E-state index contributed by atoms with van der Waals surface area (Å²) in [6, 6.07) is 5.27. The molecule has 0 radical (unpaired) electrons. The monoisotopic (exact) mass is 433 g/mol. The van der Waals surface area contributed by atoms with Crippen molar-refractivity contribution >= 4 is 40.3 Å². The first kappa shape index (κ1) is 23.0. The van der Waals surface area contributed by atoms with Gasteiger partial charge in [0.25, 0.3) is 0 Å². The van der Waals surface area contributed by atoms with Crippen molar-refractivity contribution in [3.05, 3.63) is 45.8 Å². The molecule has 0 aliphatic rings. The zero-order valence-electron chi connectivity index (χ0n) is 17.4. The van der Waals surface area contributed by atoms with Crippen LogP contribution in [0.4, 0.5) is 5.00 Å². The Morgan fingerprint density at radius 1 is 1.07 bits per heavy atom. The number of carbonyl (C=O) groups is 3. The van der Waals surface area contributed by atoms with Gasteiger partial charge in [-0.15, -0.1) is 11.3 Å². The van der Waals surface area contributed by atoms with E-state index in [1.54, 1.807) is 31.2 Å². The standard InChI is InChI=1S/C21H23NO7S/c1-6-29-14-9-7-13(11-15(14)26-3)8-10-16(23)22-19-17(20(24)27-4)12(2)18(30-19)21(25)28-5/h7-11H,6H2,1-5H3,(H,22,23)/b10-8+. The summed E-state index contributed by atoms with van der Waals surface area (Å²) in [5, 5.41) is 2.83. The molecule has 30 heavy (non-hydrogen) atoms. The second kappa shape index (κ2) is 10.4. The Morgan fingerprint density at radius 3 is 2.37 bits per heavy atom. The number of anilines is 1. The van der Waals surface area contributed by atoms with Gasteiger partial charge in [0, 0.05) is 6.08 Å². The molecule has 1 heterocycles. The van der Waals surface area contributed by atoms with Gasteiger partial charge in [-0.1, -0.05) is 6.07 Å². The van der Waals surface area contributed by atoms with Gasteiger partial charge in [-0.3, -0.25) is 4.79 Å². The molecule has 0 saturated heterocycles. The lowest BCUT2D eigenvalue weighted by Crippen LogP contribution is -2.11. The maximum atomic E-state index is 12.4. The Morgan fingerprint density at radius 2 is 1.77 bits per heavy atom. The van der Waals surface area contributed by atoms with Crippen LogP contribution in [-0.2, 0) is 14.3 Å². The third kappa shape index (κ3) is 5.18. The molecule has 2 rings (SSSR count). The van der Waals surface area contributed by atoms with E-state index >= 15 is 0 Å². The molecule has 160 valence electrons. The quantitative estimate of drug-likeness (QED) is 0.501. The number of amides is 1. The molecule has 1 aromatic carbocycles. The van der Waals surface area contributed by atoms with E-state index in [-0.39, 0.29) is 15.4 Å². The van der Waals surface area contributed by atoms with E-state index in [2.05, 4.69) is 5.32 Å². The highest BCUT2D eigenvalue weighted by atomic mass is 32.1. The largest absolute Gasteiger partial charge is 0.493 e. The van der Waals surface area contributed by atoms with Crippen LogP contribution in [0.5, 0.6) is 11.5 Å². The first-order valence-electron chi connectivity index (χ1n) is 8.96. The summed E-state index contributed by atoms with van der Waals surface area (Å²) < 4.78 is 20.3. The second-order valence-corrected chi connectivity index (χ2v) is 6.93. The fraction of sp³-hybridized carbons (Fsp3) is 0.286. The molecule has 0 unspecified atom stereocenters. The number of rotatable bonds is 8. The maximum absolute atomic E-state index is 12.4. The van der Waals surface area contributed by atoms with Crippen LogP contribution in [0.15, 0.2) is 24.3 Å². The number of hydrogen-bond donors (Lipinski definition) is 1. The van der Waals surface area contributed by atoms with Crippen molar-refractivity contribution in [1.29, 1.82) is 0 Å². The highest BCUT2D eigenvalue weighted by Gasteiger charge is 2.26. The molecule has 0 atom stereocenters. The average Bonchev–Trinajstić information content (AvgIpc) is 3.07. The van der Waals surface area contributed by atoms with Crippen LogP contribution in [0.1, 0.15) is 38.1 Å². The number of nitrogens with one attached hydrogen (secondary N) is 1. The molecule has 0 saturated carbocycles.